The van der Waals surface area contributed by atoms with E-state index in [1.165, 1.54) is 11.0 Å². The normalized spacial score (nSPS) is 11.8. The highest BCUT2D eigenvalue weighted by atomic mass is 19.1. The van der Waals surface area contributed by atoms with E-state index >= 15 is 0 Å². The van der Waals surface area contributed by atoms with Gasteiger partial charge in [0.2, 0.25) is 0 Å². The number of hydrogen-bond acceptors (Lipinski definition) is 2. The topological polar surface area (TPSA) is 53.9 Å². The molecule has 0 fully saturated rings. The summed E-state index contributed by atoms with van der Waals surface area (Å²) in [4.78, 5) is 25.2. The summed E-state index contributed by atoms with van der Waals surface area (Å²) in [5, 5.41) is 2.18. The van der Waals surface area contributed by atoms with Crippen molar-refractivity contribution >= 4 is 17.5 Å². The molecule has 0 aromatic heterocycles. The van der Waals surface area contributed by atoms with E-state index in [-0.39, 0.29) is 19.0 Å². The SMILES string of the molecule is CN(C)C(=O)C[NH+](C)CC(=O)Nc1c(F)cccc1F. The molecule has 0 bridgehead atoms. The predicted molar refractivity (Wildman–Crippen MR) is 70.3 cm³/mol. The fraction of sp³-hybridized carbons (Fsp3) is 0.385. The van der Waals surface area contributed by atoms with Gasteiger partial charge in [-0.05, 0) is 12.1 Å². The van der Waals surface area contributed by atoms with E-state index in [9.17, 15) is 18.4 Å². The monoisotopic (exact) mass is 286 g/mol. The second-order valence-electron chi connectivity index (χ2n) is 4.74. The minimum absolute atomic E-state index is 0.0621. The molecule has 1 aromatic rings. The lowest BCUT2D eigenvalue weighted by atomic mass is 10.3. The van der Waals surface area contributed by atoms with Crippen LogP contribution in [0.3, 0.4) is 0 Å². The molecular weight excluding hydrogens is 268 g/mol. The van der Waals surface area contributed by atoms with Crippen molar-refractivity contribution in [3.8, 4) is 0 Å². The van der Waals surface area contributed by atoms with Crippen molar-refractivity contribution in [2.24, 2.45) is 0 Å². The zero-order valence-electron chi connectivity index (χ0n) is 11.7. The van der Waals surface area contributed by atoms with Gasteiger partial charge in [-0.25, -0.2) is 8.78 Å². The van der Waals surface area contributed by atoms with Crippen LogP contribution in [-0.2, 0) is 9.59 Å². The summed E-state index contributed by atoms with van der Waals surface area (Å²) in [7, 11) is 4.88. The van der Waals surface area contributed by atoms with Crippen LogP contribution in [0.15, 0.2) is 18.2 Å². The van der Waals surface area contributed by atoms with Crippen LogP contribution >= 0.6 is 0 Å². The quantitative estimate of drug-likeness (QED) is 0.767. The summed E-state index contributed by atoms with van der Waals surface area (Å²) in [5.74, 6) is -2.36. The van der Waals surface area contributed by atoms with Gasteiger partial charge in [0.1, 0.15) is 17.3 Å². The molecule has 0 aliphatic heterocycles. The maximum atomic E-state index is 13.3. The van der Waals surface area contributed by atoms with Crippen LogP contribution in [0.5, 0.6) is 0 Å². The molecule has 0 saturated carbocycles. The van der Waals surface area contributed by atoms with Gasteiger partial charge < -0.3 is 15.1 Å². The van der Waals surface area contributed by atoms with Crippen molar-refractivity contribution in [1.29, 1.82) is 0 Å². The maximum Gasteiger partial charge on any atom is 0.279 e. The Kier molecular flexibility index (Phi) is 5.57. The number of anilines is 1. The summed E-state index contributed by atoms with van der Waals surface area (Å²) in [6.07, 6.45) is 0. The van der Waals surface area contributed by atoms with Crippen molar-refractivity contribution in [2.45, 2.75) is 0 Å². The molecule has 1 aromatic carbocycles. The van der Waals surface area contributed by atoms with Gasteiger partial charge in [0.15, 0.2) is 13.1 Å². The van der Waals surface area contributed by atoms with Gasteiger partial charge in [-0.1, -0.05) is 6.07 Å². The van der Waals surface area contributed by atoms with Crippen LogP contribution in [0.1, 0.15) is 0 Å². The van der Waals surface area contributed by atoms with Gasteiger partial charge >= 0.3 is 0 Å². The standard InChI is InChI=1S/C13H17F2N3O2/c1-17(2)12(20)8-18(3)7-11(19)16-13-9(14)5-4-6-10(13)15/h4-6H,7-8H2,1-3H3,(H,16,19)/p+1. The lowest BCUT2D eigenvalue weighted by Gasteiger charge is -2.16. The van der Waals surface area contributed by atoms with Crippen LogP contribution < -0.4 is 10.2 Å². The number of nitrogens with one attached hydrogen (secondary N) is 2. The number of amides is 2. The Labute approximate surface area is 116 Å². The number of para-hydroxylation sites is 1. The van der Waals surface area contributed by atoms with Crippen LogP contribution in [0.4, 0.5) is 14.5 Å². The Morgan fingerprint density at radius 2 is 1.75 bits per heavy atom. The van der Waals surface area contributed by atoms with Gasteiger partial charge in [0.25, 0.3) is 11.8 Å². The van der Waals surface area contributed by atoms with E-state index in [4.69, 9.17) is 0 Å². The molecule has 110 valence electrons. The number of nitrogens with zero attached hydrogens (tertiary/aromatic N) is 1. The smallest absolute Gasteiger partial charge is 0.279 e. The van der Waals surface area contributed by atoms with E-state index in [0.717, 1.165) is 12.1 Å². The van der Waals surface area contributed by atoms with E-state index in [2.05, 4.69) is 5.32 Å². The molecule has 0 radical (unpaired) electrons. The lowest BCUT2D eigenvalue weighted by molar-refractivity contribution is -0.862. The lowest BCUT2D eigenvalue weighted by Crippen LogP contribution is -3.11. The first-order valence-corrected chi connectivity index (χ1v) is 6.06. The van der Waals surface area contributed by atoms with Gasteiger partial charge in [0, 0.05) is 14.1 Å². The van der Waals surface area contributed by atoms with Crippen molar-refractivity contribution in [3.63, 3.8) is 0 Å². The van der Waals surface area contributed by atoms with Crippen molar-refractivity contribution < 1.29 is 23.3 Å². The number of benzene rings is 1. The first-order chi connectivity index (χ1) is 9.31. The van der Waals surface area contributed by atoms with Crippen LogP contribution in [0.2, 0.25) is 0 Å². The molecule has 0 aliphatic carbocycles. The second-order valence-corrected chi connectivity index (χ2v) is 4.74. The molecule has 2 N–H and O–H groups in total. The Bertz CT molecular complexity index is 486. The average Bonchev–Trinajstić information content (AvgIpc) is 2.33. The number of rotatable bonds is 5. The molecule has 0 spiro atoms. The van der Waals surface area contributed by atoms with E-state index in [1.54, 1.807) is 21.1 Å². The minimum Gasteiger partial charge on any atom is -0.344 e. The number of quaternary nitrogens is 1. The molecule has 1 unspecified atom stereocenters. The van der Waals surface area contributed by atoms with Gasteiger partial charge in [-0.15, -0.1) is 0 Å². The number of carbonyl (C=O) groups excluding carboxylic acids is 2. The van der Waals surface area contributed by atoms with Gasteiger partial charge in [-0.3, -0.25) is 9.59 Å². The van der Waals surface area contributed by atoms with Crippen LogP contribution in [0.25, 0.3) is 0 Å². The summed E-state index contributed by atoms with van der Waals surface area (Å²) < 4.78 is 26.7. The fourth-order valence-electron chi connectivity index (χ4n) is 1.55. The zero-order valence-corrected chi connectivity index (χ0v) is 11.7. The van der Waals surface area contributed by atoms with E-state index in [1.807, 2.05) is 0 Å². The minimum atomic E-state index is -0.833. The molecule has 5 nitrogen and oxygen atoms in total. The average molecular weight is 286 g/mol. The summed E-state index contributed by atoms with van der Waals surface area (Å²) in [6.45, 7) is 0.0630. The summed E-state index contributed by atoms with van der Waals surface area (Å²) >= 11 is 0. The molecule has 2 amide bonds. The predicted octanol–water partition coefficient (Wildman–Crippen LogP) is -0.494. The molecular formula is C13H18F2N3O2+. The molecule has 0 heterocycles. The van der Waals surface area contributed by atoms with E-state index in [0.29, 0.717) is 4.90 Å². The Morgan fingerprint density at radius 3 is 2.25 bits per heavy atom. The highest BCUT2D eigenvalue weighted by Gasteiger charge is 2.17. The van der Waals surface area contributed by atoms with Crippen molar-refractivity contribution in [3.05, 3.63) is 29.8 Å². The van der Waals surface area contributed by atoms with E-state index < -0.39 is 23.2 Å². The van der Waals surface area contributed by atoms with Gasteiger partial charge in [0.05, 0.1) is 7.05 Å². The van der Waals surface area contributed by atoms with Crippen molar-refractivity contribution in [1.82, 2.24) is 4.90 Å². The van der Waals surface area contributed by atoms with Crippen molar-refractivity contribution in [2.75, 3.05) is 39.5 Å². The number of halogens is 2. The molecule has 0 aliphatic rings. The molecule has 7 heteroatoms. The largest absolute Gasteiger partial charge is 0.344 e. The Balaban J connectivity index is 2.58. The number of carbonyl (C=O) groups is 2. The first-order valence-electron chi connectivity index (χ1n) is 6.06. The zero-order chi connectivity index (χ0) is 15.3. The highest BCUT2D eigenvalue weighted by Crippen LogP contribution is 2.17. The third kappa shape index (κ3) is 4.58. The second kappa shape index (κ2) is 6.95. The summed E-state index contributed by atoms with van der Waals surface area (Å²) in [5.41, 5.74) is -0.468. The summed E-state index contributed by atoms with van der Waals surface area (Å²) in [6, 6.07) is 3.34. The third-order valence-corrected chi connectivity index (χ3v) is 2.64. The Hall–Kier alpha value is -2.02. The first kappa shape index (κ1) is 16.0. The Morgan fingerprint density at radius 1 is 1.20 bits per heavy atom. The molecule has 20 heavy (non-hydrogen) atoms. The highest BCUT2D eigenvalue weighted by molar-refractivity contribution is 5.91. The van der Waals surface area contributed by atoms with Crippen LogP contribution in [-0.4, -0.2) is 50.9 Å². The van der Waals surface area contributed by atoms with Gasteiger partial charge in [-0.2, -0.15) is 0 Å². The fourth-order valence-corrected chi connectivity index (χ4v) is 1.55. The third-order valence-electron chi connectivity index (χ3n) is 2.64. The number of likely N-dealkylation sites (N-methyl/N-ethyl adjacent to an activating group) is 2. The van der Waals surface area contributed by atoms with Crippen LogP contribution in [0, 0.1) is 11.6 Å². The maximum absolute atomic E-state index is 13.3. The molecule has 1 rings (SSSR count). The molecule has 0 saturated heterocycles. The number of hydrogen-bond donors (Lipinski definition) is 2. The molecule has 1 atom stereocenters.